The summed E-state index contributed by atoms with van der Waals surface area (Å²) in [7, 11) is 0. The number of hydrogen-bond donors (Lipinski definition) is 2. The Bertz CT molecular complexity index is 557. The van der Waals surface area contributed by atoms with Crippen LogP contribution in [-0.2, 0) is 6.42 Å². The molecular weight excluding hydrogens is 220 g/mol. The molecule has 0 bridgehead atoms. The number of aromatic nitrogens is 1. The maximum atomic E-state index is 6.39. The molecule has 0 radical (unpaired) electrons. The van der Waals surface area contributed by atoms with Gasteiger partial charge in [-0.15, -0.1) is 0 Å². The molecule has 2 nitrogen and oxygen atoms in total. The summed E-state index contributed by atoms with van der Waals surface area (Å²) in [6.45, 7) is 2.05. The lowest BCUT2D eigenvalue weighted by Crippen LogP contribution is -2.16. The second-order valence-corrected chi connectivity index (χ2v) is 5.01. The largest absolute Gasteiger partial charge is 0.357 e. The number of halogens is 1. The number of benzene rings is 1. The van der Waals surface area contributed by atoms with Crippen molar-refractivity contribution in [1.82, 2.24) is 4.98 Å². The minimum Gasteiger partial charge on any atom is -0.357 e. The van der Waals surface area contributed by atoms with E-state index in [9.17, 15) is 0 Å². The topological polar surface area (TPSA) is 41.8 Å². The normalized spacial score (nSPS) is 20.1. The summed E-state index contributed by atoms with van der Waals surface area (Å²) < 4.78 is 0. The Balaban J connectivity index is 2.38. The van der Waals surface area contributed by atoms with Gasteiger partial charge in [0.25, 0.3) is 0 Å². The van der Waals surface area contributed by atoms with Crippen LogP contribution in [0.3, 0.4) is 0 Å². The molecule has 1 aliphatic rings. The molecule has 1 atom stereocenters. The number of aromatic amines is 1. The van der Waals surface area contributed by atoms with Gasteiger partial charge in [-0.2, -0.15) is 0 Å². The highest BCUT2D eigenvalue weighted by atomic mass is 35.5. The van der Waals surface area contributed by atoms with Gasteiger partial charge in [0.1, 0.15) is 0 Å². The average molecular weight is 235 g/mol. The van der Waals surface area contributed by atoms with Crippen molar-refractivity contribution in [2.24, 2.45) is 5.73 Å². The van der Waals surface area contributed by atoms with Gasteiger partial charge in [-0.1, -0.05) is 17.7 Å². The first kappa shape index (κ1) is 10.2. The molecule has 3 rings (SSSR count). The van der Waals surface area contributed by atoms with Crippen LogP contribution in [0.4, 0.5) is 0 Å². The van der Waals surface area contributed by atoms with Crippen LogP contribution in [0.5, 0.6) is 0 Å². The molecule has 0 aliphatic heterocycles. The third-order valence-electron chi connectivity index (χ3n) is 3.54. The molecule has 0 saturated heterocycles. The SMILES string of the molecule is Cc1ccc2[nH]c3c(c2c1Cl)CCCC3N. The van der Waals surface area contributed by atoms with E-state index in [4.69, 9.17) is 17.3 Å². The molecule has 3 N–H and O–H groups in total. The van der Waals surface area contributed by atoms with Crippen LogP contribution in [0, 0.1) is 6.92 Å². The van der Waals surface area contributed by atoms with Crippen LogP contribution in [0.25, 0.3) is 10.9 Å². The fourth-order valence-electron chi connectivity index (χ4n) is 2.65. The Morgan fingerprint density at radius 3 is 3.06 bits per heavy atom. The van der Waals surface area contributed by atoms with Gasteiger partial charge in [-0.25, -0.2) is 0 Å². The van der Waals surface area contributed by atoms with Crippen molar-refractivity contribution in [1.29, 1.82) is 0 Å². The number of aryl methyl sites for hydroxylation is 2. The number of H-pyrrole nitrogens is 1. The molecule has 0 fully saturated rings. The summed E-state index contributed by atoms with van der Waals surface area (Å²) in [5, 5.41) is 2.07. The van der Waals surface area contributed by atoms with Crippen LogP contribution < -0.4 is 5.73 Å². The summed E-state index contributed by atoms with van der Waals surface area (Å²) in [5.41, 5.74) is 10.9. The maximum absolute atomic E-state index is 6.39. The van der Waals surface area contributed by atoms with Gasteiger partial charge >= 0.3 is 0 Å². The third-order valence-corrected chi connectivity index (χ3v) is 4.03. The van der Waals surface area contributed by atoms with Gasteiger partial charge < -0.3 is 10.7 Å². The van der Waals surface area contributed by atoms with Gasteiger partial charge in [-0.3, -0.25) is 0 Å². The Labute approximate surface area is 99.8 Å². The smallest absolute Gasteiger partial charge is 0.0531 e. The van der Waals surface area contributed by atoms with Crippen LogP contribution in [0.15, 0.2) is 12.1 Å². The van der Waals surface area contributed by atoms with E-state index < -0.39 is 0 Å². The highest BCUT2D eigenvalue weighted by molar-refractivity contribution is 6.36. The summed E-state index contributed by atoms with van der Waals surface area (Å²) in [6, 6.07) is 4.30. The minimum absolute atomic E-state index is 0.146. The van der Waals surface area contributed by atoms with E-state index in [0.717, 1.165) is 35.4 Å². The summed E-state index contributed by atoms with van der Waals surface area (Å²) >= 11 is 6.39. The van der Waals surface area contributed by atoms with Crippen molar-refractivity contribution in [2.45, 2.75) is 32.2 Å². The van der Waals surface area contributed by atoms with E-state index in [1.54, 1.807) is 0 Å². The molecule has 1 unspecified atom stereocenters. The van der Waals surface area contributed by atoms with Crippen molar-refractivity contribution in [3.05, 3.63) is 34.0 Å². The molecule has 16 heavy (non-hydrogen) atoms. The number of hydrogen-bond acceptors (Lipinski definition) is 1. The lowest BCUT2D eigenvalue weighted by Gasteiger charge is -2.18. The van der Waals surface area contributed by atoms with Crippen LogP contribution in [0.1, 0.15) is 35.7 Å². The lowest BCUT2D eigenvalue weighted by atomic mass is 9.92. The first-order valence-electron chi connectivity index (χ1n) is 5.73. The molecule has 1 aromatic carbocycles. The summed E-state index contributed by atoms with van der Waals surface area (Å²) in [6.07, 6.45) is 3.31. The average Bonchev–Trinajstić information content (AvgIpc) is 2.64. The second kappa shape index (κ2) is 3.51. The summed E-state index contributed by atoms with van der Waals surface area (Å²) in [5.74, 6) is 0. The molecule has 0 saturated carbocycles. The molecule has 0 spiro atoms. The van der Waals surface area contributed by atoms with E-state index in [2.05, 4.69) is 17.1 Å². The quantitative estimate of drug-likeness (QED) is 0.720. The predicted octanol–water partition coefficient (Wildman–Crippen LogP) is 3.47. The fraction of sp³-hybridized carbons (Fsp3) is 0.385. The third kappa shape index (κ3) is 1.30. The van der Waals surface area contributed by atoms with Crippen molar-refractivity contribution < 1.29 is 0 Å². The van der Waals surface area contributed by atoms with Gasteiger partial charge in [-0.05, 0) is 43.4 Å². The highest BCUT2D eigenvalue weighted by Crippen LogP contribution is 2.37. The van der Waals surface area contributed by atoms with E-state index >= 15 is 0 Å². The first-order chi connectivity index (χ1) is 7.68. The monoisotopic (exact) mass is 234 g/mol. The van der Waals surface area contributed by atoms with Crippen molar-refractivity contribution in [3.63, 3.8) is 0 Å². The van der Waals surface area contributed by atoms with E-state index in [1.807, 2.05) is 6.92 Å². The number of rotatable bonds is 0. The Morgan fingerprint density at radius 1 is 1.44 bits per heavy atom. The molecule has 3 heteroatoms. The molecule has 2 aromatic rings. The van der Waals surface area contributed by atoms with Crippen molar-refractivity contribution in [2.75, 3.05) is 0 Å². The lowest BCUT2D eigenvalue weighted by molar-refractivity contribution is 0.562. The van der Waals surface area contributed by atoms with Gasteiger partial charge in [0.05, 0.1) is 5.02 Å². The second-order valence-electron chi connectivity index (χ2n) is 4.63. The molecule has 0 amide bonds. The van der Waals surface area contributed by atoms with E-state index in [0.29, 0.717) is 0 Å². The van der Waals surface area contributed by atoms with Gasteiger partial charge in [0.15, 0.2) is 0 Å². The minimum atomic E-state index is 0.146. The first-order valence-corrected chi connectivity index (χ1v) is 6.11. The number of fused-ring (bicyclic) bond motifs is 3. The van der Waals surface area contributed by atoms with Gasteiger partial charge in [0, 0.05) is 22.6 Å². The molecule has 1 aromatic heterocycles. The molecule has 1 heterocycles. The standard InChI is InChI=1S/C13H15ClN2/c1-7-5-6-10-11(12(7)14)8-3-2-4-9(15)13(8)16-10/h5-6,9,16H,2-4,15H2,1H3. The summed E-state index contributed by atoms with van der Waals surface area (Å²) in [4.78, 5) is 3.42. The van der Waals surface area contributed by atoms with E-state index in [1.165, 1.54) is 16.6 Å². The predicted molar refractivity (Wildman–Crippen MR) is 67.9 cm³/mol. The zero-order valence-corrected chi connectivity index (χ0v) is 10.1. The van der Waals surface area contributed by atoms with Crippen LogP contribution in [0.2, 0.25) is 5.02 Å². The van der Waals surface area contributed by atoms with Crippen molar-refractivity contribution >= 4 is 22.5 Å². The van der Waals surface area contributed by atoms with E-state index in [-0.39, 0.29) is 6.04 Å². The maximum Gasteiger partial charge on any atom is 0.0531 e. The van der Waals surface area contributed by atoms with Crippen LogP contribution >= 0.6 is 11.6 Å². The number of nitrogens with two attached hydrogens (primary N) is 1. The zero-order chi connectivity index (χ0) is 11.3. The highest BCUT2D eigenvalue weighted by Gasteiger charge is 2.22. The van der Waals surface area contributed by atoms with Gasteiger partial charge in [0.2, 0.25) is 0 Å². The molecule has 84 valence electrons. The Morgan fingerprint density at radius 2 is 2.25 bits per heavy atom. The Hall–Kier alpha value is -0.990. The number of nitrogens with one attached hydrogen (secondary N) is 1. The van der Waals surface area contributed by atoms with Crippen molar-refractivity contribution in [3.8, 4) is 0 Å². The zero-order valence-electron chi connectivity index (χ0n) is 9.31. The molecular formula is C13H15ClN2. The molecule has 1 aliphatic carbocycles. The fourth-order valence-corrected chi connectivity index (χ4v) is 2.93. The van der Waals surface area contributed by atoms with Crippen LogP contribution in [-0.4, -0.2) is 4.98 Å². The Kier molecular flexibility index (Phi) is 2.23.